The highest BCUT2D eigenvalue weighted by Gasteiger charge is 2.21. The highest BCUT2D eigenvalue weighted by molar-refractivity contribution is 9.10. The van der Waals surface area contributed by atoms with Gasteiger partial charge in [0.2, 0.25) is 0 Å². The van der Waals surface area contributed by atoms with Crippen LogP contribution in [0.3, 0.4) is 0 Å². The zero-order valence-electron chi connectivity index (χ0n) is 22.8. The molecule has 0 saturated heterocycles. The van der Waals surface area contributed by atoms with Gasteiger partial charge in [0.25, 0.3) is 5.56 Å². The first kappa shape index (κ1) is 30.9. The van der Waals surface area contributed by atoms with Gasteiger partial charge in [-0.3, -0.25) is 19.1 Å². The van der Waals surface area contributed by atoms with E-state index in [2.05, 4.69) is 31.8 Å². The molecule has 0 atom stereocenters. The number of aromatic nitrogens is 2. The number of hydrazone groups is 1. The average molecular weight is 675 g/mol. The van der Waals surface area contributed by atoms with Crippen LogP contribution < -0.4 is 25.8 Å². The van der Waals surface area contributed by atoms with Crippen LogP contribution in [0, 0.1) is 6.92 Å². The summed E-state index contributed by atoms with van der Waals surface area (Å²) in [5.41, 5.74) is 3.95. The number of ether oxygens (including phenoxy) is 2. The Labute approximate surface area is 259 Å². The minimum Gasteiger partial charge on any atom is -0.490 e. The maximum atomic E-state index is 13.0. The lowest BCUT2D eigenvalue weighted by atomic mass is 10.2. The summed E-state index contributed by atoms with van der Waals surface area (Å²) in [6, 6.07) is 17.5. The van der Waals surface area contributed by atoms with Crippen LogP contribution in [0.4, 0.5) is 5.69 Å². The predicted octanol–water partition coefficient (Wildman–Crippen LogP) is 5.62. The van der Waals surface area contributed by atoms with Crippen molar-refractivity contribution in [3.63, 3.8) is 0 Å². The lowest BCUT2D eigenvalue weighted by Crippen LogP contribution is -2.34. The Bertz CT molecular complexity index is 1700. The number of hydrogen-bond donors (Lipinski definition) is 2. The summed E-state index contributed by atoms with van der Waals surface area (Å²) in [6.45, 7) is 3.95. The van der Waals surface area contributed by atoms with Gasteiger partial charge in [-0.05, 0) is 71.7 Å². The van der Waals surface area contributed by atoms with Crippen molar-refractivity contribution in [2.75, 3.05) is 11.9 Å². The second-order valence-corrected chi connectivity index (χ2v) is 10.5. The maximum Gasteiger partial charge on any atom is 0.329 e. The van der Waals surface area contributed by atoms with Crippen LogP contribution in [-0.4, -0.2) is 34.0 Å². The summed E-state index contributed by atoms with van der Waals surface area (Å²) in [6.07, 6.45) is 1.34. The minimum atomic E-state index is -1.05. The lowest BCUT2D eigenvalue weighted by Gasteiger charge is -2.15. The van der Waals surface area contributed by atoms with Gasteiger partial charge >= 0.3 is 11.8 Å². The highest BCUT2D eigenvalue weighted by Crippen LogP contribution is 2.38. The van der Waals surface area contributed by atoms with Gasteiger partial charge in [-0.25, -0.2) is 10.1 Å². The molecular formula is C29H26BrCl2N5O5. The molecule has 10 nitrogen and oxygen atoms in total. The first-order valence-corrected chi connectivity index (χ1v) is 14.2. The van der Waals surface area contributed by atoms with Gasteiger partial charge in [-0.15, -0.1) is 0 Å². The molecule has 0 aliphatic carbocycles. The number of nitrogens with one attached hydrogen (secondary N) is 2. The molecule has 0 saturated carbocycles. The van der Waals surface area contributed by atoms with E-state index in [0.29, 0.717) is 55.1 Å². The van der Waals surface area contributed by atoms with Crippen LogP contribution in [0.25, 0.3) is 5.69 Å². The molecule has 2 amide bonds. The molecule has 218 valence electrons. The van der Waals surface area contributed by atoms with Crippen molar-refractivity contribution >= 4 is 62.8 Å². The molecule has 42 heavy (non-hydrogen) atoms. The molecule has 13 heteroatoms. The summed E-state index contributed by atoms with van der Waals surface area (Å²) in [4.78, 5) is 38.0. The average Bonchev–Trinajstić information content (AvgIpc) is 3.17. The Morgan fingerprint density at radius 1 is 1.02 bits per heavy atom. The molecule has 1 aromatic heterocycles. The largest absolute Gasteiger partial charge is 0.490 e. The molecule has 0 radical (unpaired) electrons. The number of benzene rings is 3. The van der Waals surface area contributed by atoms with E-state index in [1.165, 1.54) is 10.9 Å². The number of para-hydroxylation sites is 1. The van der Waals surface area contributed by atoms with Crippen LogP contribution >= 0.6 is 39.1 Å². The zero-order chi connectivity index (χ0) is 30.4. The van der Waals surface area contributed by atoms with Crippen molar-refractivity contribution < 1.29 is 19.1 Å². The van der Waals surface area contributed by atoms with Crippen LogP contribution in [-0.2, 0) is 23.2 Å². The molecule has 4 rings (SSSR count). The van der Waals surface area contributed by atoms with E-state index in [-0.39, 0.29) is 12.3 Å². The third kappa shape index (κ3) is 6.87. The summed E-state index contributed by atoms with van der Waals surface area (Å²) < 4.78 is 15.2. The number of carbonyl (C=O) groups excluding carboxylic acids is 2. The fourth-order valence-corrected chi connectivity index (χ4v) is 5.06. The molecule has 4 aromatic rings. The second-order valence-electron chi connectivity index (χ2n) is 8.84. The van der Waals surface area contributed by atoms with Crippen LogP contribution in [0.1, 0.15) is 23.7 Å². The molecule has 1 heterocycles. The standard InChI is InChI=1S/C29H26BrCl2N5O5/c1-4-41-24-14-18(13-21(30)26(24)42-16-20-22(31)11-8-12-23(20)32)15-33-35-28(39)27(38)34-25-17(2)36(3)37(29(25)40)19-9-6-5-7-10-19/h5-15H,4,16H2,1-3H3,(H,34,38)(H,35,39)/b33-15+. The van der Waals surface area contributed by atoms with E-state index in [4.69, 9.17) is 32.7 Å². The first-order valence-electron chi connectivity index (χ1n) is 12.6. The van der Waals surface area contributed by atoms with Crippen molar-refractivity contribution in [2.24, 2.45) is 12.1 Å². The first-order chi connectivity index (χ1) is 20.1. The molecule has 0 fully saturated rings. The normalized spacial score (nSPS) is 11.0. The molecular weight excluding hydrogens is 649 g/mol. The molecule has 0 aliphatic rings. The Hall–Kier alpha value is -4.06. The summed E-state index contributed by atoms with van der Waals surface area (Å²) in [7, 11) is 1.68. The van der Waals surface area contributed by atoms with Crippen molar-refractivity contribution in [1.29, 1.82) is 0 Å². The monoisotopic (exact) mass is 673 g/mol. The molecule has 0 bridgehead atoms. The minimum absolute atomic E-state index is 0.00978. The van der Waals surface area contributed by atoms with Crippen molar-refractivity contribution in [3.8, 4) is 17.2 Å². The quantitative estimate of drug-likeness (QED) is 0.136. The third-order valence-electron chi connectivity index (χ3n) is 6.13. The van der Waals surface area contributed by atoms with Crippen molar-refractivity contribution in [2.45, 2.75) is 20.5 Å². The Morgan fingerprint density at radius 2 is 1.71 bits per heavy atom. The van der Waals surface area contributed by atoms with Crippen molar-refractivity contribution in [1.82, 2.24) is 14.8 Å². The van der Waals surface area contributed by atoms with Gasteiger partial charge in [0.1, 0.15) is 12.3 Å². The van der Waals surface area contributed by atoms with Gasteiger partial charge in [-0.1, -0.05) is 47.5 Å². The smallest absolute Gasteiger partial charge is 0.329 e. The third-order valence-corrected chi connectivity index (χ3v) is 7.43. The van der Waals surface area contributed by atoms with Gasteiger partial charge in [0, 0.05) is 22.7 Å². The van der Waals surface area contributed by atoms with Crippen molar-refractivity contribution in [3.05, 3.63) is 102 Å². The molecule has 0 spiro atoms. The number of carbonyl (C=O) groups is 2. The van der Waals surface area contributed by atoms with Crippen LogP contribution in [0.5, 0.6) is 11.5 Å². The molecule has 0 aliphatic heterocycles. The summed E-state index contributed by atoms with van der Waals surface area (Å²) in [5, 5.41) is 7.23. The Balaban J connectivity index is 1.45. The van der Waals surface area contributed by atoms with E-state index < -0.39 is 17.4 Å². The van der Waals surface area contributed by atoms with Crippen LogP contribution in [0.15, 0.2) is 75.0 Å². The molecule has 2 N–H and O–H groups in total. The lowest BCUT2D eigenvalue weighted by molar-refractivity contribution is -0.136. The maximum absolute atomic E-state index is 13.0. The number of rotatable bonds is 9. The van der Waals surface area contributed by atoms with E-state index in [9.17, 15) is 14.4 Å². The van der Waals surface area contributed by atoms with E-state index in [1.807, 2.05) is 13.0 Å². The van der Waals surface area contributed by atoms with Gasteiger partial charge in [-0.2, -0.15) is 5.10 Å². The van der Waals surface area contributed by atoms with E-state index in [1.54, 1.807) is 73.3 Å². The number of hydrogen-bond acceptors (Lipinski definition) is 6. The zero-order valence-corrected chi connectivity index (χ0v) is 25.9. The molecule has 3 aromatic carbocycles. The van der Waals surface area contributed by atoms with Gasteiger partial charge in [0.15, 0.2) is 11.5 Å². The second kappa shape index (κ2) is 13.7. The summed E-state index contributed by atoms with van der Waals surface area (Å²) >= 11 is 16.0. The van der Waals surface area contributed by atoms with E-state index >= 15 is 0 Å². The SMILES string of the molecule is CCOc1cc(/C=N/NC(=O)C(=O)Nc2c(C)n(C)n(-c3ccccc3)c2=O)cc(Br)c1OCc1c(Cl)cccc1Cl. The Kier molecular flexibility index (Phi) is 10.1. The highest BCUT2D eigenvalue weighted by atomic mass is 79.9. The van der Waals surface area contributed by atoms with Gasteiger partial charge < -0.3 is 14.8 Å². The summed E-state index contributed by atoms with van der Waals surface area (Å²) in [5.74, 6) is -1.26. The number of halogens is 3. The topological polar surface area (TPSA) is 116 Å². The molecule has 0 unspecified atom stereocenters. The number of anilines is 1. The fourth-order valence-electron chi connectivity index (χ4n) is 3.98. The van der Waals surface area contributed by atoms with E-state index in [0.717, 1.165) is 0 Å². The Morgan fingerprint density at radius 3 is 2.38 bits per heavy atom. The number of nitrogens with zero attached hydrogens (tertiary/aromatic N) is 3. The fraction of sp³-hybridized carbons (Fsp3) is 0.172. The predicted molar refractivity (Wildman–Crippen MR) is 166 cm³/mol. The number of amides is 2. The van der Waals surface area contributed by atoms with Gasteiger partial charge in [0.05, 0.1) is 28.7 Å². The van der Waals surface area contributed by atoms with Crippen LogP contribution in [0.2, 0.25) is 10.0 Å².